The number of Topliss-reactive ketones (excluding diaryl/α,β-unsaturated/α-hetero) is 1. The highest BCUT2D eigenvalue weighted by Gasteiger charge is 2.32. The first-order valence-corrected chi connectivity index (χ1v) is 7.87. The monoisotopic (exact) mass is 365 g/mol. The van der Waals surface area contributed by atoms with Gasteiger partial charge in [-0.2, -0.15) is 13.2 Å². The van der Waals surface area contributed by atoms with E-state index in [1.165, 1.54) is 19.9 Å². The Kier molecular flexibility index (Phi) is 6.02. The van der Waals surface area contributed by atoms with Crippen LogP contribution in [0.1, 0.15) is 34.0 Å². The van der Waals surface area contributed by atoms with Crippen LogP contribution in [0.5, 0.6) is 0 Å². The Bertz CT molecular complexity index is 788. The van der Waals surface area contributed by atoms with Gasteiger partial charge < -0.3 is 10.1 Å². The van der Waals surface area contributed by atoms with Crippen molar-refractivity contribution in [1.82, 2.24) is 5.32 Å². The van der Waals surface area contributed by atoms with E-state index in [4.69, 9.17) is 4.74 Å². The highest BCUT2D eigenvalue weighted by atomic mass is 19.4. The van der Waals surface area contributed by atoms with Crippen molar-refractivity contribution in [2.75, 3.05) is 0 Å². The number of rotatable bonds is 5. The van der Waals surface area contributed by atoms with Gasteiger partial charge in [0.05, 0.1) is 11.6 Å². The van der Waals surface area contributed by atoms with Crippen molar-refractivity contribution in [3.05, 3.63) is 70.8 Å². The van der Waals surface area contributed by atoms with E-state index in [2.05, 4.69) is 5.32 Å². The fourth-order valence-corrected chi connectivity index (χ4v) is 2.35. The van der Waals surface area contributed by atoms with Crippen LogP contribution in [0.2, 0.25) is 0 Å². The van der Waals surface area contributed by atoms with Gasteiger partial charge >= 0.3 is 12.3 Å². The van der Waals surface area contributed by atoms with Crippen LogP contribution in [0, 0.1) is 6.92 Å². The Morgan fingerprint density at radius 3 is 2.38 bits per heavy atom. The average Bonchev–Trinajstić information content (AvgIpc) is 2.59. The van der Waals surface area contributed by atoms with Crippen molar-refractivity contribution in [2.45, 2.75) is 32.7 Å². The molecule has 0 saturated heterocycles. The van der Waals surface area contributed by atoms with Crippen LogP contribution in [0.4, 0.5) is 18.0 Å². The lowest BCUT2D eigenvalue weighted by atomic mass is 10.00. The zero-order valence-corrected chi connectivity index (χ0v) is 14.3. The summed E-state index contributed by atoms with van der Waals surface area (Å²) in [6.45, 7) is 2.89. The molecule has 0 aromatic heterocycles. The summed E-state index contributed by atoms with van der Waals surface area (Å²) in [4.78, 5) is 24.1. The molecule has 0 aliphatic carbocycles. The first-order valence-electron chi connectivity index (χ1n) is 7.87. The summed E-state index contributed by atoms with van der Waals surface area (Å²) < 4.78 is 43.7. The number of carbonyl (C=O) groups excluding carboxylic acids is 2. The molecule has 2 aromatic rings. The van der Waals surface area contributed by atoms with Crippen molar-refractivity contribution in [3.63, 3.8) is 0 Å². The van der Waals surface area contributed by atoms with Crippen molar-refractivity contribution in [2.24, 2.45) is 0 Å². The van der Waals surface area contributed by atoms with E-state index in [0.717, 1.165) is 17.7 Å². The third-order valence-corrected chi connectivity index (χ3v) is 3.63. The van der Waals surface area contributed by atoms with Crippen LogP contribution in [-0.4, -0.2) is 17.9 Å². The van der Waals surface area contributed by atoms with Crippen LogP contribution in [-0.2, 0) is 17.5 Å². The second-order valence-electron chi connectivity index (χ2n) is 5.88. The number of alkyl halides is 3. The van der Waals surface area contributed by atoms with Gasteiger partial charge in [0, 0.05) is 5.56 Å². The van der Waals surface area contributed by atoms with Gasteiger partial charge in [-0.05, 0) is 43.2 Å². The molecule has 0 saturated carbocycles. The predicted octanol–water partition coefficient (Wildman–Crippen LogP) is 4.51. The van der Waals surface area contributed by atoms with E-state index >= 15 is 0 Å². The lowest BCUT2D eigenvalue weighted by Crippen LogP contribution is -2.38. The number of aryl methyl sites for hydroxylation is 1. The normalized spacial score (nSPS) is 12.3. The number of ketones is 1. The molecule has 1 atom stereocenters. The van der Waals surface area contributed by atoms with Crippen LogP contribution < -0.4 is 5.32 Å². The smallest absolute Gasteiger partial charge is 0.416 e. The summed E-state index contributed by atoms with van der Waals surface area (Å²) in [6, 6.07) is 11.0. The molecule has 1 unspecified atom stereocenters. The van der Waals surface area contributed by atoms with E-state index < -0.39 is 29.7 Å². The summed E-state index contributed by atoms with van der Waals surface area (Å²) in [5.74, 6) is -0.629. The van der Waals surface area contributed by atoms with Crippen molar-refractivity contribution in [3.8, 4) is 0 Å². The molecule has 0 spiro atoms. The molecule has 0 bridgehead atoms. The standard InChI is InChI=1S/C19H18F3NO3/c1-12-8-15(10-16(9-12)19(20,21)22)17(24)13(2)23-18(25)26-11-14-6-4-3-5-7-14/h3-10,13H,11H2,1-2H3,(H,23,25). The Morgan fingerprint density at radius 2 is 1.77 bits per heavy atom. The summed E-state index contributed by atoms with van der Waals surface area (Å²) in [6.07, 6.45) is -5.37. The Balaban J connectivity index is 2.01. The molecule has 7 heteroatoms. The molecule has 2 rings (SSSR count). The van der Waals surface area contributed by atoms with E-state index in [9.17, 15) is 22.8 Å². The van der Waals surface area contributed by atoms with E-state index in [1.54, 1.807) is 24.3 Å². The third-order valence-electron chi connectivity index (χ3n) is 3.63. The molecule has 1 N–H and O–H groups in total. The quantitative estimate of drug-likeness (QED) is 0.793. The molecule has 0 fully saturated rings. The van der Waals surface area contributed by atoms with Gasteiger partial charge in [0.15, 0.2) is 5.78 Å². The SMILES string of the molecule is Cc1cc(C(=O)C(C)NC(=O)OCc2ccccc2)cc(C(F)(F)F)c1. The number of hydrogen-bond acceptors (Lipinski definition) is 3. The van der Waals surface area contributed by atoms with Gasteiger partial charge in [-0.1, -0.05) is 30.3 Å². The van der Waals surface area contributed by atoms with Gasteiger partial charge in [-0.3, -0.25) is 4.79 Å². The topological polar surface area (TPSA) is 55.4 Å². The summed E-state index contributed by atoms with van der Waals surface area (Å²) in [5, 5.41) is 2.33. The van der Waals surface area contributed by atoms with Gasteiger partial charge in [0.2, 0.25) is 0 Å². The molecule has 2 aromatic carbocycles. The average molecular weight is 365 g/mol. The molecular formula is C19H18F3NO3. The highest BCUT2D eigenvalue weighted by molar-refractivity contribution is 6.01. The lowest BCUT2D eigenvalue weighted by molar-refractivity contribution is -0.137. The first kappa shape index (κ1) is 19.5. The maximum Gasteiger partial charge on any atom is 0.416 e. The van der Waals surface area contributed by atoms with Crippen molar-refractivity contribution >= 4 is 11.9 Å². The van der Waals surface area contributed by atoms with Gasteiger partial charge in [-0.25, -0.2) is 4.79 Å². The van der Waals surface area contributed by atoms with E-state index in [0.29, 0.717) is 5.56 Å². The largest absolute Gasteiger partial charge is 0.445 e. The molecule has 0 aliphatic rings. The Morgan fingerprint density at radius 1 is 1.12 bits per heavy atom. The molecule has 0 heterocycles. The van der Waals surface area contributed by atoms with Gasteiger partial charge in [0.25, 0.3) is 0 Å². The summed E-state index contributed by atoms with van der Waals surface area (Å²) >= 11 is 0. The summed E-state index contributed by atoms with van der Waals surface area (Å²) in [7, 11) is 0. The minimum absolute atomic E-state index is 0.0241. The van der Waals surface area contributed by atoms with E-state index in [1.807, 2.05) is 6.07 Å². The number of halogens is 3. The molecule has 4 nitrogen and oxygen atoms in total. The maximum atomic E-state index is 12.9. The summed E-state index contributed by atoms with van der Waals surface area (Å²) in [5.41, 5.74) is 0.0602. The highest BCUT2D eigenvalue weighted by Crippen LogP contribution is 2.30. The number of nitrogens with one attached hydrogen (secondary N) is 1. The zero-order chi connectivity index (χ0) is 19.3. The number of carbonyl (C=O) groups is 2. The van der Waals surface area contributed by atoms with Crippen molar-refractivity contribution < 1.29 is 27.5 Å². The Hall–Kier alpha value is -2.83. The number of hydrogen-bond donors (Lipinski definition) is 1. The van der Waals surface area contributed by atoms with Gasteiger partial charge in [-0.15, -0.1) is 0 Å². The fourth-order valence-electron chi connectivity index (χ4n) is 2.35. The van der Waals surface area contributed by atoms with Crippen LogP contribution in [0.25, 0.3) is 0 Å². The minimum atomic E-state index is -4.55. The van der Waals surface area contributed by atoms with E-state index in [-0.39, 0.29) is 12.2 Å². The lowest BCUT2D eigenvalue weighted by Gasteiger charge is -2.15. The first-order chi connectivity index (χ1) is 12.2. The third kappa shape index (κ3) is 5.34. The molecule has 0 aliphatic heterocycles. The zero-order valence-electron chi connectivity index (χ0n) is 14.3. The van der Waals surface area contributed by atoms with Crippen LogP contribution in [0.3, 0.4) is 0 Å². The molecule has 26 heavy (non-hydrogen) atoms. The number of alkyl carbamates (subject to hydrolysis) is 1. The van der Waals surface area contributed by atoms with Crippen LogP contribution in [0.15, 0.2) is 48.5 Å². The number of amides is 1. The van der Waals surface area contributed by atoms with Crippen molar-refractivity contribution in [1.29, 1.82) is 0 Å². The minimum Gasteiger partial charge on any atom is -0.445 e. The number of ether oxygens (including phenoxy) is 1. The molecule has 0 radical (unpaired) electrons. The second kappa shape index (κ2) is 8.03. The Labute approximate surface area is 149 Å². The second-order valence-corrected chi connectivity index (χ2v) is 5.88. The predicted molar refractivity (Wildman–Crippen MR) is 89.7 cm³/mol. The van der Waals surface area contributed by atoms with Crippen LogP contribution >= 0.6 is 0 Å². The molecule has 1 amide bonds. The fraction of sp³-hybridized carbons (Fsp3) is 0.263. The molecule has 138 valence electrons. The molecular weight excluding hydrogens is 347 g/mol. The number of benzene rings is 2. The maximum absolute atomic E-state index is 12.9. The van der Waals surface area contributed by atoms with Gasteiger partial charge in [0.1, 0.15) is 6.61 Å².